The van der Waals surface area contributed by atoms with E-state index in [9.17, 15) is 0 Å². The molecule has 96 valence electrons. The van der Waals surface area contributed by atoms with E-state index in [2.05, 4.69) is 27.1 Å². The fraction of sp³-hybridized carbons (Fsp3) is 0.231. The second-order valence-electron chi connectivity index (χ2n) is 4.10. The normalized spacial score (nSPS) is 12.5. The fourth-order valence-electron chi connectivity index (χ4n) is 1.93. The zero-order valence-corrected chi connectivity index (χ0v) is 10.5. The summed E-state index contributed by atoms with van der Waals surface area (Å²) >= 11 is 0. The summed E-state index contributed by atoms with van der Waals surface area (Å²) in [5.41, 5.74) is 0.889. The van der Waals surface area contributed by atoms with Crippen molar-refractivity contribution in [3.8, 4) is 11.4 Å². The van der Waals surface area contributed by atoms with Crippen molar-refractivity contribution in [2.24, 2.45) is 0 Å². The van der Waals surface area contributed by atoms with E-state index in [1.165, 1.54) is 0 Å². The van der Waals surface area contributed by atoms with Crippen LogP contribution < -0.4 is 0 Å². The molecule has 1 unspecified atom stereocenters. The molecule has 6 heteroatoms. The van der Waals surface area contributed by atoms with Crippen molar-refractivity contribution in [1.29, 1.82) is 0 Å². The van der Waals surface area contributed by atoms with E-state index in [0.29, 0.717) is 11.7 Å². The van der Waals surface area contributed by atoms with Crippen molar-refractivity contribution in [3.05, 3.63) is 48.9 Å². The Kier molecular flexibility index (Phi) is 3.06. The molecular formula is C13H13N5O. The van der Waals surface area contributed by atoms with Crippen molar-refractivity contribution < 1.29 is 4.52 Å². The number of nitrogens with zero attached hydrogens (tertiary/aromatic N) is 5. The smallest absolute Gasteiger partial charge is 0.251 e. The van der Waals surface area contributed by atoms with Gasteiger partial charge < -0.3 is 4.52 Å². The van der Waals surface area contributed by atoms with Crippen LogP contribution in [0.25, 0.3) is 11.4 Å². The van der Waals surface area contributed by atoms with Gasteiger partial charge in [0.05, 0.1) is 0 Å². The Hall–Kier alpha value is -2.50. The third-order valence-corrected chi connectivity index (χ3v) is 2.90. The van der Waals surface area contributed by atoms with Crippen LogP contribution >= 0.6 is 0 Å². The zero-order valence-electron chi connectivity index (χ0n) is 10.5. The lowest BCUT2D eigenvalue weighted by Gasteiger charge is -2.09. The molecule has 0 aliphatic heterocycles. The minimum atomic E-state index is -0.0295. The van der Waals surface area contributed by atoms with Gasteiger partial charge in [-0.1, -0.05) is 12.1 Å². The molecule has 0 aliphatic carbocycles. The van der Waals surface area contributed by atoms with Gasteiger partial charge in [0.1, 0.15) is 6.04 Å². The second kappa shape index (κ2) is 5.01. The van der Waals surface area contributed by atoms with E-state index in [1.54, 1.807) is 18.6 Å². The molecule has 0 N–H and O–H groups in total. The van der Waals surface area contributed by atoms with E-state index >= 15 is 0 Å². The van der Waals surface area contributed by atoms with E-state index in [4.69, 9.17) is 4.52 Å². The van der Waals surface area contributed by atoms with Crippen LogP contribution in [-0.4, -0.2) is 24.9 Å². The molecule has 3 aromatic rings. The number of hydrogen-bond acceptors (Lipinski definition) is 5. The highest BCUT2D eigenvalue weighted by atomic mass is 16.5. The van der Waals surface area contributed by atoms with Gasteiger partial charge in [0.2, 0.25) is 5.82 Å². The van der Waals surface area contributed by atoms with Gasteiger partial charge >= 0.3 is 0 Å². The van der Waals surface area contributed by atoms with E-state index in [0.717, 1.165) is 12.0 Å². The summed E-state index contributed by atoms with van der Waals surface area (Å²) in [5.74, 6) is 1.14. The Balaban J connectivity index is 1.93. The van der Waals surface area contributed by atoms with Gasteiger partial charge in [0.25, 0.3) is 5.89 Å². The van der Waals surface area contributed by atoms with Crippen molar-refractivity contribution >= 4 is 0 Å². The maximum atomic E-state index is 5.35. The van der Waals surface area contributed by atoms with Gasteiger partial charge in [0, 0.05) is 30.4 Å². The van der Waals surface area contributed by atoms with Crippen LogP contribution in [0.5, 0.6) is 0 Å². The number of hydrogen-bond donors (Lipinski definition) is 0. The highest BCUT2D eigenvalue weighted by molar-refractivity contribution is 5.52. The van der Waals surface area contributed by atoms with Crippen LogP contribution in [0, 0.1) is 0 Å². The van der Waals surface area contributed by atoms with Crippen LogP contribution in [0.1, 0.15) is 25.3 Å². The van der Waals surface area contributed by atoms with Gasteiger partial charge in [0.15, 0.2) is 0 Å². The largest absolute Gasteiger partial charge is 0.337 e. The minimum absolute atomic E-state index is 0.0295. The molecule has 19 heavy (non-hydrogen) atoms. The van der Waals surface area contributed by atoms with Crippen molar-refractivity contribution in [3.63, 3.8) is 0 Å². The highest BCUT2D eigenvalue weighted by Gasteiger charge is 2.19. The molecule has 3 rings (SSSR count). The first-order chi connectivity index (χ1) is 9.38. The molecule has 6 nitrogen and oxygen atoms in total. The third-order valence-electron chi connectivity index (χ3n) is 2.90. The first-order valence-electron chi connectivity index (χ1n) is 6.11. The summed E-state index contributed by atoms with van der Waals surface area (Å²) in [5, 5.41) is 8.23. The summed E-state index contributed by atoms with van der Waals surface area (Å²) in [7, 11) is 0. The Labute approximate surface area is 110 Å². The van der Waals surface area contributed by atoms with Gasteiger partial charge in [-0.05, 0) is 24.6 Å². The summed E-state index contributed by atoms with van der Waals surface area (Å²) < 4.78 is 7.18. The molecule has 0 bridgehead atoms. The molecule has 1 atom stereocenters. The first-order valence-corrected chi connectivity index (χ1v) is 6.11. The molecule has 0 saturated carbocycles. The molecule has 3 heterocycles. The van der Waals surface area contributed by atoms with Gasteiger partial charge in [-0.15, -0.1) is 0 Å². The zero-order chi connectivity index (χ0) is 13.1. The first kappa shape index (κ1) is 11.6. The van der Waals surface area contributed by atoms with Gasteiger partial charge in [-0.25, -0.2) is 0 Å². The molecular weight excluding hydrogens is 242 g/mol. The van der Waals surface area contributed by atoms with Crippen LogP contribution in [0.15, 0.2) is 47.5 Å². The highest BCUT2D eigenvalue weighted by Crippen LogP contribution is 2.22. The topological polar surface area (TPSA) is 69.6 Å². The summed E-state index contributed by atoms with van der Waals surface area (Å²) in [6.07, 6.45) is 7.87. The predicted molar refractivity (Wildman–Crippen MR) is 68.2 cm³/mol. The molecule has 0 aromatic carbocycles. The molecule has 0 fully saturated rings. The molecule has 0 spiro atoms. The quantitative estimate of drug-likeness (QED) is 0.715. The van der Waals surface area contributed by atoms with Crippen molar-refractivity contribution in [2.75, 3.05) is 0 Å². The third kappa shape index (κ3) is 2.24. The minimum Gasteiger partial charge on any atom is -0.337 e. The standard InChI is InChI=1S/C13H13N5O/c1-2-11(18-9-3-6-15-18)13-16-12(17-19-13)10-4-7-14-8-5-10/h3-9,11H,2H2,1H3. The molecule has 0 saturated heterocycles. The van der Waals surface area contributed by atoms with E-state index in [-0.39, 0.29) is 6.04 Å². The molecule has 0 aliphatic rings. The summed E-state index contributed by atoms with van der Waals surface area (Å²) in [6.45, 7) is 2.06. The van der Waals surface area contributed by atoms with Crippen LogP contribution in [0.2, 0.25) is 0 Å². The van der Waals surface area contributed by atoms with Gasteiger partial charge in [-0.2, -0.15) is 10.1 Å². The van der Waals surface area contributed by atoms with Crippen LogP contribution in [-0.2, 0) is 0 Å². The Bertz CT molecular complexity index is 632. The van der Waals surface area contributed by atoms with Crippen molar-refractivity contribution in [2.45, 2.75) is 19.4 Å². The molecule has 3 aromatic heterocycles. The Morgan fingerprint density at radius 3 is 2.79 bits per heavy atom. The molecule has 0 radical (unpaired) electrons. The Morgan fingerprint density at radius 2 is 2.11 bits per heavy atom. The predicted octanol–water partition coefficient (Wildman–Crippen LogP) is 2.33. The molecule has 0 amide bonds. The lowest BCUT2D eigenvalue weighted by molar-refractivity contribution is 0.321. The maximum Gasteiger partial charge on any atom is 0.251 e. The number of rotatable bonds is 4. The maximum absolute atomic E-state index is 5.35. The van der Waals surface area contributed by atoms with Gasteiger partial charge in [-0.3, -0.25) is 9.67 Å². The SMILES string of the molecule is CCC(c1nc(-c2ccncc2)no1)n1cccn1. The lowest BCUT2D eigenvalue weighted by atomic mass is 10.2. The average molecular weight is 255 g/mol. The fourth-order valence-corrected chi connectivity index (χ4v) is 1.93. The van der Waals surface area contributed by atoms with Crippen LogP contribution in [0.4, 0.5) is 0 Å². The summed E-state index contributed by atoms with van der Waals surface area (Å²) in [6, 6.07) is 5.55. The monoisotopic (exact) mass is 255 g/mol. The van der Waals surface area contributed by atoms with Crippen LogP contribution in [0.3, 0.4) is 0 Å². The lowest BCUT2D eigenvalue weighted by Crippen LogP contribution is -2.10. The summed E-state index contributed by atoms with van der Waals surface area (Å²) in [4.78, 5) is 8.41. The average Bonchev–Trinajstić information content (AvgIpc) is 3.12. The Morgan fingerprint density at radius 1 is 1.26 bits per heavy atom. The van der Waals surface area contributed by atoms with E-state index in [1.807, 2.05) is 29.1 Å². The second-order valence-corrected chi connectivity index (χ2v) is 4.10. The van der Waals surface area contributed by atoms with E-state index < -0.39 is 0 Å². The number of aromatic nitrogens is 5. The van der Waals surface area contributed by atoms with Crippen molar-refractivity contribution in [1.82, 2.24) is 24.9 Å². The number of pyridine rings is 1.